The monoisotopic (exact) mass is 443 g/mol. The number of benzene rings is 2. The standard InChI is InChI=1S/C25H29N7O/c26-24-22-25(28-17-27-22)32(18-29-24)16-21(33)15-30-11-13-31(14-12-30)23(19-7-3-1-4-8-19)20-9-5-2-6-10-20/h1-10,17-18,21,23,26,33H,11-16H2,(H,27,28)/t21-/m0/s1. The van der Waals surface area contributed by atoms with Gasteiger partial charge in [-0.3, -0.25) is 15.2 Å². The van der Waals surface area contributed by atoms with E-state index in [0.717, 1.165) is 26.2 Å². The highest BCUT2D eigenvalue weighted by molar-refractivity contribution is 5.68. The number of aliphatic hydroxyl groups excluding tert-OH is 1. The molecule has 5 rings (SSSR count). The van der Waals surface area contributed by atoms with E-state index in [0.29, 0.717) is 24.3 Å². The molecule has 2 aromatic heterocycles. The summed E-state index contributed by atoms with van der Waals surface area (Å²) in [7, 11) is 0. The first-order valence-corrected chi connectivity index (χ1v) is 11.4. The molecule has 4 aromatic rings. The van der Waals surface area contributed by atoms with E-state index in [-0.39, 0.29) is 11.5 Å². The van der Waals surface area contributed by atoms with Crippen molar-refractivity contribution in [3.8, 4) is 0 Å². The molecule has 0 aliphatic carbocycles. The molecule has 0 amide bonds. The summed E-state index contributed by atoms with van der Waals surface area (Å²) in [6.45, 7) is 4.67. The van der Waals surface area contributed by atoms with E-state index in [1.54, 1.807) is 12.7 Å². The zero-order valence-electron chi connectivity index (χ0n) is 18.5. The molecule has 1 aliphatic heterocycles. The molecule has 0 bridgehead atoms. The summed E-state index contributed by atoms with van der Waals surface area (Å²) >= 11 is 0. The summed E-state index contributed by atoms with van der Waals surface area (Å²) in [5.41, 5.74) is 4.01. The van der Waals surface area contributed by atoms with Crippen molar-refractivity contribution >= 4 is 11.2 Å². The van der Waals surface area contributed by atoms with E-state index in [2.05, 4.69) is 85.4 Å². The van der Waals surface area contributed by atoms with Crippen molar-refractivity contribution in [2.75, 3.05) is 32.7 Å². The van der Waals surface area contributed by atoms with Gasteiger partial charge in [0.05, 0.1) is 31.3 Å². The lowest BCUT2D eigenvalue weighted by molar-refractivity contribution is 0.0558. The third-order valence-electron chi connectivity index (χ3n) is 6.33. The van der Waals surface area contributed by atoms with Gasteiger partial charge in [-0.05, 0) is 11.1 Å². The smallest absolute Gasteiger partial charge is 0.173 e. The van der Waals surface area contributed by atoms with Crippen LogP contribution in [-0.4, -0.2) is 73.3 Å². The molecule has 0 unspecified atom stereocenters. The van der Waals surface area contributed by atoms with Gasteiger partial charge in [0, 0.05) is 32.7 Å². The highest BCUT2D eigenvalue weighted by atomic mass is 16.3. The first kappa shape index (κ1) is 21.5. The Morgan fingerprint density at radius 3 is 2.15 bits per heavy atom. The Labute approximate surface area is 192 Å². The fourth-order valence-corrected chi connectivity index (χ4v) is 4.73. The fraction of sp³-hybridized carbons (Fsp3) is 0.320. The minimum Gasteiger partial charge on any atom is -0.390 e. The van der Waals surface area contributed by atoms with Crippen molar-refractivity contribution in [1.29, 1.82) is 5.41 Å². The van der Waals surface area contributed by atoms with Crippen LogP contribution in [0.2, 0.25) is 0 Å². The average Bonchev–Trinajstić information content (AvgIpc) is 3.35. The first-order valence-electron chi connectivity index (χ1n) is 11.4. The van der Waals surface area contributed by atoms with E-state index >= 15 is 0 Å². The topological polar surface area (TPSA) is 97.1 Å². The van der Waals surface area contributed by atoms with Gasteiger partial charge in [-0.25, -0.2) is 9.97 Å². The Morgan fingerprint density at radius 1 is 0.879 bits per heavy atom. The molecule has 33 heavy (non-hydrogen) atoms. The highest BCUT2D eigenvalue weighted by Crippen LogP contribution is 2.29. The SMILES string of the molecule is N=c1ncn(C[C@@H](O)CN2CCN(C(c3ccccc3)c3ccccc3)CC2)c2nc[nH]c12. The number of imidazole rings is 1. The molecule has 1 aliphatic rings. The lowest BCUT2D eigenvalue weighted by Gasteiger charge is -2.40. The third-order valence-corrected chi connectivity index (χ3v) is 6.33. The van der Waals surface area contributed by atoms with Crippen LogP contribution in [0.3, 0.4) is 0 Å². The summed E-state index contributed by atoms with van der Waals surface area (Å²) < 4.78 is 1.81. The van der Waals surface area contributed by atoms with Crippen LogP contribution in [0, 0.1) is 5.41 Å². The van der Waals surface area contributed by atoms with Gasteiger partial charge in [0.1, 0.15) is 5.52 Å². The molecule has 1 fully saturated rings. The number of aromatic amines is 1. The highest BCUT2D eigenvalue weighted by Gasteiger charge is 2.27. The van der Waals surface area contributed by atoms with Crippen LogP contribution in [0.1, 0.15) is 17.2 Å². The summed E-state index contributed by atoms with van der Waals surface area (Å²) in [6.07, 6.45) is 2.60. The Hall–Kier alpha value is -3.33. The summed E-state index contributed by atoms with van der Waals surface area (Å²) in [5, 5.41) is 18.6. The second-order valence-electron chi connectivity index (χ2n) is 8.56. The maximum absolute atomic E-state index is 10.8. The number of H-pyrrole nitrogens is 1. The minimum atomic E-state index is -0.543. The average molecular weight is 444 g/mol. The number of β-amino-alcohol motifs (C(OH)–C–C–N with tert-alkyl or cyclic N) is 1. The molecule has 1 saturated heterocycles. The number of hydrogen-bond acceptors (Lipinski definition) is 6. The number of aliphatic hydroxyl groups is 1. The Balaban J connectivity index is 1.23. The zero-order valence-corrected chi connectivity index (χ0v) is 18.5. The first-order chi connectivity index (χ1) is 16.2. The predicted octanol–water partition coefficient (Wildman–Crippen LogP) is 2.01. The number of piperazine rings is 1. The molecule has 8 heteroatoms. The van der Waals surface area contributed by atoms with Crippen molar-refractivity contribution in [1.82, 2.24) is 29.3 Å². The molecule has 3 N–H and O–H groups in total. The van der Waals surface area contributed by atoms with Crippen LogP contribution in [0.25, 0.3) is 11.2 Å². The second kappa shape index (κ2) is 9.66. The Morgan fingerprint density at radius 2 is 1.52 bits per heavy atom. The lowest BCUT2D eigenvalue weighted by atomic mass is 9.96. The molecule has 2 aromatic carbocycles. The van der Waals surface area contributed by atoms with Crippen molar-refractivity contribution in [2.45, 2.75) is 18.7 Å². The Bertz CT molecular complexity index is 1190. The summed E-state index contributed by atoms with van der Waals surface area (Å²) in [4.78, 5) is 16.2. The van der Waals surface area contributed by atoms with Gasteiger partial charge < -0.3 is 14.7 Å². The zero-order chi connectivity index (χ0) is 22.6. The quantitative estimate of drug-likeness (QED) is 0.406. The van der Waals surface area contributed by atoms with Crippen LogP contribution in [0.4, 0.5) is 0 Å². The van der Waals surface area contributed by atoms with Gasteiger partial charge in [0.2, 0.25) is 0 Å². The van der Waals surface area contributed by atoms with Crippen LogP contribution >= 0.6 is 0 Å². The van der Waals surface area contributed by atoms with E-state index in [9.17, 15) is 5.11 Å². The predicted molar refractivity (Wildman–Crippen MR) is 126 cm³/mol. The van der Waals surface area contributed by atoms with Crippen LogP contribution < -0.4 is 5.49 Å². The Kier molecular flexibility index (Phi) is 6.30. The van der Waals surface area contributed by atoms with E-state index in [4.69, 9.17) is 5.41 Å². The molecular weight excluding hydrogens is 414 g/mol. The van der Waals surface area contributed by atoms with Crippen molar-refractivity contribution < 1.29 is 5.11 Å². The molecular formula is C25H29N7O. The molecule has 0 saturated carbocycles. The number of hydrogen-bond donors (Lipinski definition) is 3. The van der Waals surface area contributed by atoms with Gasteiger partial charge in [0.25, 0.3) is 0 Å². The van der Waals surface area contributed by atoms with Gasteiger partial charge in [-0.2, -0.15) is 0 Å². The maximum atomic E-state index is 10.8. The van der Waals surface area contributed by atoms with Gasteiger partial charge in [0.15, 0.2) is 11.1 Å². The van der Waals surface area contributed by atoms with E-state index in [1.165, 1.54) is 11.1 Å². The van der Waals surface area contributed by atoms with Crippen molar-refractivity contribution in [3.63, 3.8) is 0 Å². The molecule has 8 nitrogen and oxygen atoms in total. The van der Waals surface area contributed by atoms with Crippen LogP contribution in [-0.2, 0) is 6.54 Å². The van der Waals surface area contributed by atoms with Crippen LogP contribution in [0.5, 0.6) is 0 Å². The number of aromatic nitrogens is 4. The normalized spacial score (nSPS) is 16.4. The minimum absolute atomic E-state index is 0.163. The number of nitrogens with one attached hydrogen (secondary N) is 2. The lowest BCUT2D eigenvalue weighted by Crippen LogP contribution is -2.50. The van der Waals surface area contributed by atoms with E-state index in [1.807, 2.05) is 4.57 Å². The number of nitrogens with zero attached hydrogens (tertiary/aromatic N) is 5. The van der Waals surface area contributed by atoms with E-state index < -0.39 is 6.10 Å². The number of rotatable bonds is 7. The molecule has 1 atom stereocenters. The van der Waals surface area contributed by atoms with Crippen molar-refractivity contribution in [3.05, 3.63) is 89.9 Å². The molecule has 0 spiro atoms. The van der Waals surface area contributed by atoms with Crippen molar-refractivity contribution in [2.24, 2.45) is 0 Å². The third kappa shape index (κ3) is 4.73. The summed E-state index contributed by atoms with van der Waals surface area (Å²) in [5.74, 6) is 0. The fourth-order valence-electron chi connectivity index (χ4n) is 4.73. The van der Waals surface area contributed by atoms with Crippen LogP contribution in [0.15, 0.2) is 73.3 Å². The van der Waals surface area contributed by atoms with Gasteiger partial charge >= 0.3 is 0 Å². The molecule has 0 radical (unpaired) electrons. The van der Waals surface area contributed by atoms with Gasteiger partial charge in [-0.15, -0.1) is 0 Å². The van der Waals surface area contributed by atoms with Gasteiger partial charge in [-0.1, -0.05) is 60.7 Å². The number of fused-ring (bicyclic) bond motifs is 1. The molecule has 170 valence electrons. The largest absolute Gasteiger partial charge is 0.390 e. The maximum Gasteiger partial charge on any atom is 0.173 e. The molecule has 3 heterocycles. The summed E-state index contributed by atoms with van der Waals surface area (Å²) in [6, 6.07) is 21.6. The second-order valence-corrected chi connectivity index (χ2v) is 8.56.